The number of nitrogens with two attached hydrogens (primary N) is 2. The molecule has 0 aromatic rings. The highest BCUT2D eigenvalue weighted by molar-refractivity contribution is 5.83. The Morgan fingerprint density at radius 3 is 2.32 bits per heavy atom. The molecule has 0 saturated heterocycles. The van der Waals surface area contributed by atoms with Crippen LogP contribution in [0.25, 0.3) is 0 Å². The molecular weight excluding hydrogens is 242 g/mol. The summed E-state index contributed by atoms with van der Waals surface area (Å²) in [6, 6.07) is 0. The number of hydrogen-bond acceptors (Lipinski definition) is 3. The van der Waals surface area contributed by atoms with Gasteiger partial charge in [-0.3, -0.25) is 9.59 Å². The number of unbranched alkanes of at least 4 members (excludes halogenated alkanes) is 1. The number of amides is 2. The van der Waals surface area contributed by atoms with Gasteiger partial charge in [-0.15, -0.1) is 0 Å². The van der Waals surface area contributed by atoms with Crippen LogP contribution in [0.4, 0.5) is 0 Å². The van der Waals surface area contributed by atoms with Gasteiger partial charge in [-0.1, -0.05) is 27.2 Å². The smallest absolute Gasteiger partial charge is 0.237 e. The van der Waals surface area contributed by atoms with Crippen molar-refractivity contribution >= 4 is 11.8 Å². The minimum Gasteiger partial charge on any atom is -0.368 e. The van der Waals surface area contributed by atoms with Gasteiger partial charge >= 0.3 is 0 Å². The molecule has 0 bridgehead atoms. The molecule has 0 spiro atoms. The lowest BCUT2D eigenvalue weighted by atomic mass is 9.93. The number of rotatable bonds is 10. The van der Waals surface area contributed by atoms with E-state index in [-0.39, 0.29) is 18.4 Å². The molecule has 2 amide bonds. The van der Waals surface area contributed by atoms with Gasteiger partial charge in [0.25, 0.3) is 0 Å². The van der Waals surface area contributed by atoms with Gasteiger partial charge in [0, 0.05) is 13.0 Å². The van der Waals surface area contributed by atoms with Crippen molar-refractivity contribution in [2.45, 2.75) is 46.5 Å². The minimum absolute atomic E-state index is 0.0108. The van der Waals surface area contributed by atoms with E-state index in [2.05, 4.69) is 13.8 Å². The first kappa shape index (κ1) is 17.9. The fraction of sp³-hybridized carbons (Fsp3) is 0.857. The van der Waals surface area contributed by atoms with E-state index in [1.807, 2.05) is 6.92 Å². The van der Waals surface area contributed by atoms with Crippen molar-refractivity contribution in [3.8, 4) is 0 Å². The van der Waals surface area contributed by atoms with E-state index in [0.29, 0.717) is 25.4 Å². The van der Waals surface area contributed by atoms with Crippen LogP contribution >= 0.6 is 0 Å². The van der Waals surface area contributed by atoms with E-state index in [0.717, 1.165) is 19.3 Å². The molecule has 5 heteroatoms. The third-order valence-electron chi connectivity index (χ3n) is 3.08. The molecule has 0 saturated carbocycles. The second kappa shape index (κ2) is 9.78. The van der Waals surface area contributed by atoms with Crippen LogP contribution in [0.1, 0.15) is 46.5 Å². The van der Waals surface area contributed by atoms with Crippen LogP contribution < -0.4 is 11.5 Å². The molecule has 19 heavy (non-hydrogen) atoms. The van der Waals surface area contributed by atoms with Crippen molar-refractivity contribution in [3.63, 3.8) is 0 Å². The van der Waals surface area contributed by atoms with Crippen molar-refractivity contribution in [2.75, 3.05) is 19.6 Å². The molecule has 0 fully saturated rings. The highest BCUT2D eigenvalue weighted by Gasteiger charge is 2.20. The van der Waals surface area contributed by atoms with Gasteiger partial charge in [0.1, 0.15) is 0 Å². The quantitative estimate of drug-likeness (QED) is 0.623. The average molecular weight is 271 g/mol. The van der Waals surface area contributed by atoms with Crippen LogP contribution in [0.2, 0.25) is 0 Å². The lowest BCUT2D eigenvalue weighted by molar-refractivity contribution is -0.136. The van der Waals surface area contributed by atoms with Gasteiger partial charge in [0.2, 0.25) is 11.8 Å². The maximum atomic E-state index is 12.2. The maximum Gasteiger partial charge on any atom is 0.237 e. The lowest BCUT2D eigenvalue weighted by Crippen LogP contribution is -2.40. The molecule has 0 aromatic heterocycles. The number of primary amides is 1. The number of carbonyl (C=O) groups is 2. The van der Waals surface area contributed by atoms with Crippen LogP contribution in [-0.2, 0) is 9.59 Å². The first-order valence-electron chi connectivity index (χ1n) is 7.16. The Morgan fingerprint density at radius 2 is 1.89 bits per heavy atom. The molecule has 0 radical (unpaired) electrons. The van der Waals surface area contributed by atoms with E-state index in [9.17, 15) is 9.59 Å². The largest absolute Gasteiger partial charge is 0.368 e. The Balaban J connectivity index is 4.46. The van der Waals surface area contributed by atoms with Gasteiger partial charge in [-0.05, 0) is 31.2 Å². The Bertz CT molecular complexity index is 280. The molecule has 0 heterocycles. The third-order valence-corrected chi connectivity index (χ3v) is 3.08. The first-order valence-corrected chi connectivity index (χ1v) is 7.16. The summed E-state index contributed by atoms with van der Waals surface area (Å²) in [6.07, 6.45) is 3.21. The number of hydrogen-bond donors (Lipinski definition) is 2. The summed E-state index contributed by atoms with van der Waals surface area (Å²) in [5.74, 6) is 0.229. The van der Waals surface area contributed by atoms with Crippen LogP contribution in [0, 0.1) is 11.8 Å². The summed E-state index contributed by atoms with van der Waals surface area (Å²) in [4.78, 5) is 24.8. The molecular formula is C14H29N3O2. The second-order valence-corrected chi connectivity index (χ2v) is 5.57. The van der Waals surface area contributed by atoms with Crippen LogP contribution in [0.5, 0.6) is 0 Å². The highest BCUT2D eigenvalue weighted by atomic mass is 16.2. The highest BCUT2D eigenvalue weighted by Crippen LogP contribution is 2.15. The molecule has 0 aromatic carbocycles. The molecule has 0 aliphatic rings. The molecule has 112 valence electrons. The van der Waals surface area contributed by atoms with Gasteiger partial charge in [-0.2, -0.15) is 0 Å². The zero-order valence-electron chi connectivity index (χ0n) is 12.5. The SMILES string of the molecule is CCCCN(CC(N)=O)C(=O)C[C@@H](CN)CC(C)C. The Morgan fingerprint density at radius 1 is 1.26 bits per heavy atom. The van der Waals surface area contributed by atoms with Gasteiger partial charge < -0.3 is 16.4 Å². The topological polar surface area (TPSA) is 89.4 Å². The van der Waals surface area contributed by atoms with Gasteiger partial charge in [0.05, 0.1) is 6.54 Å². The predicted octanol–water partition coefficient (Wildman–Crippen LogP) is 1.11. The Hall–Kier alpha value is -1.10. The van der Waals surface area contributed by atoms with Crippen LogP contribution in [0.15, 0.2) is 0 Å². The van der Waals surface area contributed by atoms with Crippen molar-refractivity contribution in [2.24, 2.45) is 23.3 Å². The van der Waals surface area contributed by atoms with Crippen molar-refractivity contribution in [3.05, 3.63) is 0 Å². The molecule has 5 nitrogen and oxygen atoms in total. The van der Waals surface area contributed by atoms with Gasteiger partial charge in [-0.25, -0.2) is 0 Å². The van der Waals surface area contributed by atoms with E-state index in [4.69, 9.17) is 11.5 Å². The van der Waals surface area contributed by atoms with E-state index in [1.165, 1.54) is 0 Å². The standard InChI is InChI=1S/C14H29N3O2/c1-4-5-6-17(10-13(16)18)14(19)8-12(9-15)7-11(2)3/h11-12H,4-10,15H2,1-3H3,(H2,16,18)/t12-/m0/s1. The molecule has 0 aliphatic heterocycles. The monoisotopic (exact) mass is 271 g/mol. The lowest BCUT2D eigenvalue weighted by Gasteiger charge is -2.24. The Labute approximate surface area is 116 Å². The summed E-state index contributed by atoms with van der Waals surface area (Å²) < 4.78 is 0. The van der Waals surface area contributed by atoms with Crippen molar-refractivity contribution < 1.29 is 9.59 Å². The summed E-state index contributed by atoms with van der Waals surface area (Å²) >= 11 is 0. The summed E-state index contributed by atoms with van der Waals surface area (Å²) in [6.45, 7) is 7.39. The second-order valence-electron chi connectivity index (χ2n) is 5.57. The fourth-order valence-corrected chi connectivity index (χ4v) is 2.13. The molecule has 4 N–H and O–H groups in total. The zero-order chi connectivity index (χ0) is 14.8. The van der Waals surface area contributed by atoms with Crippen molar-refractivity contribution in [1.82, 2.24) is 4.90 Å². The fourth-order valence-electron chi connectivity index (χ4n) is 2.13. The molecule has 0 aliphatic carbocycles. The number of nitrogens with zero attached hydrogens (tertiary/aromatic N) is 1. The molecule has 0 unspecified atom stereocenters. The van der Waals surface area contributed by atoms with Crippen LogP contribution in [0.3, 0.4) is 0 Å². The first-order chi connectivity index (χ1) is 8.90. The van der Waals surface area contributed by atoms with Gasteiger partial charge in [0.15, 0.2) is 0 Å². The third kappa shape index (κ3) is 8.59. The molecule has 0 rings (SSSR count). The van der Waals surface area contributed by atoms with Crippen LogP contribution in [-0.4, -0.2) is 36.3 Å². The predicted molar refractivity (Wildman–Crippen MR) is 77.3 cm³/mol. The number of carbonyl (C=O) groups excluding carboxylic acids is 2. The maximum absolute atomic E-state index is 12.2. The minimum atomic E-state index is -0.461. The summed E-state index contributed by atoms with van der Waals surface area (Å²) in [5, 5.41) is 0. The van der Waals surface area contributed by atoms with E-state index < -0.39 is 5.91 Å². The summed E-state index contributed by atoms with van der Waals surface area (Å²) in [7, 11) is 0. The van der Waals surface area contributed by atoms with E-state index >= 15 is 0 Å². The average Bonchev–Trinajstić information content (AvgIpc) is 2.32. The summed E-state index contributed by atoms with van der Waals surface area (Å²) in [5.41, 5.74) is 10.9. The van der Waals surface area contributed by atoms with Crippen molar-refractivity contribution in [1.29, 1.82) is 0 Å². The zero-order valence-corrected chi connectivity index (χ0v) is 12.5. The normalized spacial score (nSPS) is 12.5. The Kier molecular flexibility index (Phi) is 9.21. The molecule has 1 atom stereocenters. The van der Waals surface area contributed by atoms with E-state index in [1.54, 1.807) is 4.90 Å².